The number of carbonyl (C=O) groups excluding carboxylic acids is 3. The number of aryl methyl sites for hydroxylation is 1. The molecule has 0 spiro atoms. The molecule has 1 amide bonds. The van der Waals surface area contributed by atoms with Crippen molar-refractivity contribution in [1.29, 1.82) is 0 Å². The molecule has 0 aliphatic heterocycles. The zero-order valence-electron chi connectivity index (χ0n) is 25.7. The van der Waals surface area contributed by atoms with Crippen LogP contribution >= 0.6 is 0 Å². The Morgan fingerprint density at radius 2 is 1.17 bits per heavy atom. The van der Waals surface area contributed by atoms with Crippen LogP contribution in [0.15, 0.2) is 24.3 Å². The average molecular weight is 579 g/mol. The van der Waals surface area contributed by atoms with Gasteiger partial charge < -0.3 is 26.7 Å². The van der Waals surface area contributed by atoms with Gasteiger partial charge >= 0.3 is 0 Å². The fraction of sp³-hybridized carbons (Fsp3) is 0.629. The van der Waals surface area contributed by atoms with Crippen LogP contribution in [0.25, 0.3) is 10.8 Å². The molecule has 0 saturated heterocycles. The molecular formula is C35H52N3O4+. The van der Waals surface area contributed by atoms with Gasteiger partial charge in [0.15, 0.2) is 5.78 Å². The molecule has 0 unspecified atom stereocenters. The quantitative estimate of drug-likeness (QED) is 0.440. The van der Waals surface area contributed by atoms with Gasteiger partial charge in [-0.2, -0.15) is 0 Å². The van der Waals surface area contributed by atoms with Gasteiger partial charge in [-0.05, 0) is 100 Å². The third kappa shape index (κ3) is 8.63. The van der Waals surface area contributed by atoms with Crippen LogP contribution in [0.4, 0.5) is 0 Å². The van der Waals surface area contributed by atoms with E-state index in [0.29, 0.717) is 34.2 Å². The maximum Gasteiger partial charge on any atom is 0.252 e. The zero-order valence-corrected chi connectivity index (χ0v) is 25.7. The first-order valence-corrected chi connectivity index (χ1v) is 16.5. The number of quaternary nitrogens is 2. The molecule has 7 heteroatoms. The molecule has 0 aromatic heterocycles. The standard InChI is InChI=1S/C25H29NO4.2C5H11N/c1-15-10-11-20(25(29)30)23-18(21(27)14-16-6-2-3-7-16)12-13-19(22(15)23)24(28)26-17-8-4-5-9-17;2*6-5-3-1-2-4-5/h10-13,16-17H,2-9,14H2,1H3,(H,26,28)(H,29,30);2*5H,1-4,6H2/p+1. The van der Waals surface area contributed by atoms with Crippen molar-refractivity contribution in [3.05, 3.63) is 46.5 Å². The molecule has 7 N–H and O–H groups in total. The van der Waals surface area contributed by atoms with Crippen molar-refractivity contribution in [1.82, 2.24) is 5.32 Å². The number of carbonyl (C=O) groups is 3. The van der Waals surface area contributed by atoms with E-state index in [1.807, 2.05) is 6.92 Å². The van der Waals surface area contributed by atoms with Gasteiger partial charge in [-0.25, -0.2) is 0 Å². The summed E-state index contributed by atoms with van der Waals surface area (Å²) in [4.78, 5) is 38.1. The van der Waals surface area contributed by atoms with Gasteiger partial charge in [0.1, 0.15) is 0 Å². The minimum absolute atomic E-state index is 0.0270. The molecule has 2 aromatic rings. The first-order valence-electron chi connectivity index (χ1n) is 16.5. The van der Waals surface area contributed by atoms with Crippen LogP contribution in [0.3, 0.4) is 0 Å². The van der Waals surface area contributed by atoms with Gasteiger partial charge in [-0.1, -0.05) is 50.7 Å². The summed E-state index contributed by atoms with van der Waals surface area (Å²) in [7, 11) is 0. The molecule has 4 fully saturated rings. The minimum atomic E-state index is -1.33. The Bertz CT molecular complexity index is 1200. The first-order chi connectivity index (χ1) is 20.2. The van der Waals surface area contributed by atoms with Gasteiger partial charge in [0.2, 0.25) is 0 Å². The fourth-order valence-electron chi connectivity index (χ4n) is 7.20. The second kappa shape index (κ2) is 15.6. The largest absolute Gasteiger partial charge is 0.545 e. The number of rotatable bonds is 6. The van der Waals surface area contributed by atoms with E-state index in [1.54, 1.807) is 18.2 Å². The number of amides is 1. The van der Waals surface area contributed by atoms with Crippen molar-refractivity contribution in [3.8, 4) is 0 Å². The van der Waals surface area contributed by atoms with Crippen LogP contribution in [0.1, 0.15) is 146 Å². The number of nitrogens with one attached hydrogen (secondary N) is 1. The number of fused-ring (bicyclic) bond motifs is 1. The van der Waals surface area contributed by atoms with E-state index in [2.05, 4.69) is 16.8 Å². The number of aromatic carboxylic acids is 1. The van der Waals surface area contributed by atoms with Crippen LogP contribution in [0, 0.1) is 12.8 Å². The van der Waals surface area contributed by atoms with E-state index in [1.165, 1.54) is 57.4 Å². The Kier molecular flexibility index (Phi) is 12.0. The van der Waals surface area contributed by atoms with Crippen molar-refractivity contribution >= 4 is 28.4 Å². The molecule has 4 saturated carbocycles. The summed E-state index contributed by atoms with van der Waals surface area (Å²) in [5, 5.41) is 15.9. The Balaban J connectivity index is 0.000000277. The number of hydrogen-bond donors (Lipinski definition) is 3. The average Bonchev–Trinajstić information content (AvgIpc) is 3.79. The Morgan fingerprint density at radius 3 is 1.67 bits per heavy atom. The van der Waals surface area contributed by atoms with Crippen molar-refractivity contribution in [2.45, 2.75) is 134 Å². The number of carboxylic acids is 1. The molecule has 0 radical (unpaired) electrons. The van der Waals surface area contributed by atoms with Crippen molar-refractivity contribution in [3.63, 3.8) is 0 Å². The highest BCUT2D eigenvalue weighted by Crippen LogP contribution is 2.34. The highest BCUT2D eigenvalue weighted by molar-refractivity contribution is 6.20. The number of hydrogen-bond acceptors (Lipinski definition) is 4. The summed E-state index contributed by atoms with van der Waals surface area (Å²) in [5.41, 5.74) is 9.44. The number of carboxylic acid groups (broad SMARTS) is 1. The van der Waals surface area contributed by atoms with Crippen LogP contribution in [0.5, 0.6) is 0 Å². The topological polar surface area (TPSA) is 142 Å². The predicted molar refractivity (Wildman–Crippen MR) is 164 cm³/mol. The summed E-state index contributed by atoms with van der Waals surface area (Å²) >= 11 is 0. The summed E-state index contributed by atoms with van der Waals surface area (Å²) in [6, 6.07) is 8.23. The smallest absolute Gasteiger partial charge is 0.252 e. The molecule has 230 valence electrons. The highest BCUT2D eigenvalue weighted by Gasteiger charge is 2.25. The van der Waals surface area contributed by atoms with E-state index >= 15 is 0 Å². The number of ketones is 1. The normalized spacial score (nSPS) is 19.8. The second-order valence-electron chi connectivity index (χ2n) is 13.2. The summed E-state index contributed by atoms with van der Waals surface area (Å²) < 4.78 is 0. The van der Waals surface area contributed by atoms with Crippen molar-refractivity contribution in [2.75, 3.05) is 0 Å². The van der Waals surface area contributed by atoms with E-state index in [0.717, 1.165) is 69.0 Å². The van der Waals surface area contributed by atoms with E-state index in [9.17, 15) is 19.5 Å². The molecule has 4 aliphatic rings. The van der Waals surface area contributed by atoms with Crippen molar-refractivity contribution < 1.29 is 31.0 Å². The first kappa shape index (κ1) is 32.2. The van der Waals surface area contributed by atoms with E-state index in [-0.39, 0.29) is 23.3 Å². The van der Waals surface area contributed by atoms with Gasteiger partial charge in [0, 0.05) is 34.5 Å². The Hall–Kier alpha value is -2.77. The van der Waals surface area contributed by atoms with Crippen LogP contribution in [-0.2, 0) is 0 Å². The van der Waals surface area contributed by atoms with Gasteiger partial charge in [0.25, 0.3) is 5.91 Å². The molecule has 7 nitrogen and oxygen atoms in total. The lowest BCUT2D eigenvalue weighted by molar-refractivity contribution is -0.417. The second-order valence-corrected chi connectivity index (χ2v) is 13.2. The summed E-state index contributed by atoms with van der Waals surface area (Å²) in [6.45, 7) is 1.85. The lowest BCUT2D eigenvalue weighted by Gasteiger charge is -2.19. The lowest BCUT2D eigenvalue weighted by atomic mass is 9.88. The molecule has 0 bridgehead atoms. The maximum absolute atomic E-state index is 13.1. The van der Waals surface area contributed by atoms with Crippen LogP contribution < -0.4 is 21.9 Å². The SMILES string of the molecule is Cc1ccc(C(=O)[O-])c2c(C(=O)CC3CCCC3)ccc(C(=O)NC3CCCC3)c12.[NH3+]C1CCCC1.[NH3+]C1CCCC1. The van der Waals surface area contributed by atoms with Gasteiger partial charge in [0.05, 0.1) is 18.1 Å². The Morgan fingerprint density at radius 1 is 0.690 bits per heavy atom. The molecular weight excluding hydrogens is 526 g/mol. The molecule has 6 rings (SSSR count). The zero-order chi connectivity index (χ0) is 30.1. The Labute approximate surface area is 251 Å². The number of benzene rings is 2. The van der Waals surface area contributed by atoms with Gasteiger partial charge in [-0.3, -0.25) is 9.59 Å². The minimum Gasteiger partial charge on any atom is -0.545 e. The van der Waals surface area contributed by atoms with Crippen molar-refractivity contribution in [2.24, 2.45) is 5.92 Å². The maximum atomic E-state index is 13.1. The number of Topliss-reactive ketones (excluding diaryl/α,β-unsaturated/α-hetero) is 1. The van der Waals surface area contributed by atoms with Gasteiger partial charge in [-0.15, -0.1) is 0 Å². The third-order valence-electron chi connectivity index (χ3n) is 9.72. The monoisotopic (exact) mass is 578 g/mol. The van der Waals surface area contributed by atoms with E-state index in [4.69, 9.17) is 0 Å². The molecule has 2 aromatic carbocycles. The van der Waals surface area contributed by atoms with Crippen LogP contribution in [0.2, 0.25) is 0 Å². The summed E-state index contributed by atoms with van der Waals surface area (Å²) in [5.74, 6) is -1.24. The summed E-state index contributed by atoms with van der Waals surface area (Å²) in [6.07, 6.45) is 20.1. The predicted octanol–water partition coefficient (Wildman–Crippen LogP) is 4.29. The lowest BCUT2D eigenvalue weighted by Crippen LogP contribution is -2.59. The fourth-order valence-corrected chi connectivity index (χ4v) is 7.20. The van der Waals surface area contributed by atoms with Crippen LogP contribution in [-0.4, -0.2) is 35.8 Å². The molecule has 0 heterocycles. The third-order valence-corrected chi connectivity index (χ3v) is 9.72. The molecule has 4 aliphatic carbocycles. The highest BCUT2D eigenvalue weighted by atomic mass is 16.4. The van der Waals surface area contributed by atoms with E-state index < -0.39 is 5.97 Å². The molecule has 42 heavy (non-hydrogen) atoms. The molecule has 0 atom stereocenters.